The third-order valence-electron chi connectivity index (χ3n) is 3.59. The maximum absolute atomic E-state index is 5.50. The van der Waals surface area contributed by atoms with E-state index in [1.165, 1.54) is 6.42 Å². The van der Waals surface area contributed by atoms with E-state index < -0.39 is 0 Å². The summed E-state index contributed by atoms with van der Waals surface area (Å²) in [5.41, 5.74) is 2.60. The van der Waals surface area contributed by atoms with Gasteiger partial charge in [0.2, 0.25) is 0 Å². The van der Waals surface area contributed by atoms with Gasteiger partial charge in [0, 0.05) is 32.9 Å². The molecule has 1 saturated heterocycles. The van der Waals surface area contributed by atoms with Crippen LogP contribution in [0.4, 0.5) is 11.6 Å². The molecular weight excluding hydrogens is 270 g/mol. The molecule has 1 unspecified atom stereocenters. The summed E-state index contributed by atoms with van der Waals surface area (Å²) < 4.78 is 10.7. The number of hydrogen-bond acceptors (Lipinski definition) is 7. The van der Waals surface area contributed by atoms with E-state index in [0.717, 1.165) is 31.9 Å². The zero-order valence-electron chi connectivity index (χ0n) is 12.8. The molecule has 1 aliphatic rings. The van der Waals surface area contributed by atoms with Crippen molar-refractivity contribution in [2.24, 2.45) is 11.8 Å². The largest absolute Gasteiger partial charge is 0.384 e. The van der Waals surface area contributed by atoms with Crippen molar-refractivity contribution in [1.29, 1.82) is 0 Å². The highest BCUT2D eigenvalue weighted by Crippen LogP contribution is 2.23. The van der Waals surface area contributed by atoms with E-state index in [9.17, 15) is 0 Å². The van der Waals surface area contributed by atoms with E-state index in [1.54, 1.807) is 7.11 Å². The number of nitrogens with zero attached hydrogens (tertiary/aromatic N) is 3. The lowest BCUT2D eigenvalue weighted by Gasteiger charge is -2.33. The molecule has 0 amide bonds. The highest BCUT2D eigenvalue weighted by atomic mass is 16.5. The van der Waals surface area contributed by atoms with Crippen molar-refractivity contribution in [3.8, 4) is 0 Å². The first-order valence-corrected chi connectivity index (χ1v) is 7.43. The fraction of sp³-hybridized carbons (Fsp3) is 0.714. The predicted molar refractivity (Wildman–Crippen MR) is 82.0 cm³/mol. The van der Waals surface area contributed by atoms with Crippen molar-refractivity contribution in [2.45, 2.75) is 26.4 Å². The Kier molecular flexibility index (Phi) is 6.16. The number of hydrogen-bond donors (Lipinski definition) is 2. The fourth-order valence-electron chi connectivity index (χ4n) is 2.62. The predicted octanol–water partition coefficient (Wildman–Crippen LogP) is 1.16. The number of methoxy groups -OCH3 is 1. The number of hydrazine groups is 1. The van der Waals surface area contributed by atoms with Gasteiger partial charge in [0.05, 0.1) is 6.61 Å². The quantitative estimate of drug-likeness (QED) is 0.576. The highest BCUT2D eigenvalue weighted by molar-refractivity contribution is 5.49. The maximum atomic E-state index is 5.50. The van der Waals surface area contributed by atoms with Crippen LogP contribution >= 0.6 is 0 Å². The molecule has 1 aromatic heterocycles. The summed E-state index contributed by atoms with van der Waals surface area (Å²) in [4.78, 5) is 11.2. The second-order valence-corrected chi connectivity index (χ2v) is 5.22. The van der Waals surface area contributed by atoms with Crippen LogP contribution in [0.3, 0.4) is 0 Å². The molecule has 1 atom stereocenters. The minimum absolute atomic E-state index is 0.397. The van der Waals surface area contributed by atoms with E-state index in [2.05, 4.69) is 20.3 Å². The third kappa shape index (κ3) is 4.52. The molecule has 3 N–H and O–H groups in total. The minimum atomic E-state index is 0.397. The number of piperidine rings is 1. The van der Waals surface area contributed by atoms with Gasteiger partial charge in [-0.2, -0.15) is 0 Å². The summed E-state index contributed by atoms with van der Waals surface area (Å²) in [6.45, 7) is 5.71. The number of aromatic nitrogens is 2. The summed E-state index contributed by atoms with van der Waals surface area (Å²) in [6, 6.07) is 1.88. The molecule has 118 valence electrons. The zero-order valence-corrected chi connectivity index (χ0v) is 12.8. The number of anilines is 2. The zero-order chi connectivity index (χ0) is 15.1. The first-order valence-electron chi connectivity index (χ1n) is 7.43. The summed E-state index contributed by atoms with van der Waals surface area (Å²) >= 11 is 0. The lowest BCUT2D eigenvalue weighted by Crippen LogP contribution is -2.37. The van der Waals surface area contributed by atoms with Crippen LogP contribution in [0.2, 0.25) is 0 Å². The smallest absolute Gasteiger partial charge is 0.158 e. The normalized spacial score (nSPS) is 18.8. The molecule has 0 radical (unpaired) electrons. The number of nitrogen functional groups attached to an aromatic ring is 1. The molecule has 0 bridgehead atoms. The molecule has 2 rings (SSSR count). The molecule has 0 spiro atoms. The summed E-state index contributed by atoms with van der Waals surface area (Å²) in [7, 11) is 1.75. The summed E-state index contributed by atoms with van der Waals surface area (Å²) in [5, 5.41) is 0. The van der Waals surface area contributed by atoms with E-state index in [-0.39, 0.29) is 0 Å². The second-order valence-electron chi connectivity index (χ2n) is 5.22. The Hall–Kier alpha value is -1.44. The van der Waals surface area contributed by atoms with Gasteiger partial charge in [-0.3, -0.25) is 0 Å². The van der Waals surface area contributed by atoms with Crippen molar-refractivity contribution in [1.82, 2.24) is 9.97 Å². The number of nitrogens with two attached hydrogens (primary N) is 1. The number of ether oxygens (including phenoxy) is 2. The Morgan fingerprint density at radius 1 is 1.48 bits per heavy atom. The average molecular weight is 295 g/mol. The lowest BCUT2D eigenvalue weighted by atomic mass is 9.99. The molecule has 2 heterocycles. The van der Waals surface area contributed by atoms with Gasteiger partial charge >= 0.3 is 0 Å². The number of nitrogens with one attached hydrogen (secondary N) is 1. The van der Waals surface area contributed by atoms with Crippen molar-refractivity contribution < 1.29 is 9.47 Å². The molecular formula is C14H25N5O2. The lowest BCUT2D eigenvalue weighted by molar-refractivity contribution is 0.128. The Labute approximate surface area is 125 Å². The summed E-state index contributed by atoms with van der Waals surface area (Å²) in [6.07, 6.45) is 2.34. The molecule has 1 fully saturated rings. The molecule has 0 aromatic carbocycles. The van der Waals surface area contributed by atoms with Gasteiger partial charge in [-0.05, 0) is 25.7 Å². The van der Waals surface area contributed by atoms with Crippen LogP contribution in [0.25, 0.3) is 0 Å². The first kappa shape index (κ1) is 15.9. The Bertz CT molecular complexity index is 441. The molecule has 1 aliphatic heterocycles. The van der Waals surface area contributed by atoms with Crippen molar-refractivity contribution in [3.63, 3.8) is 0 Å². The monoisotopic (exact) mass is 295 g/mol. The second kappa shape index (κ2) is 8.11. The molecule has 1 aromatic rings. The van der Waals surface area contributed by atoms with E-state index in [4.69, 9.17) is 15.3 Å². The molecule has 7 heteroatoms. The fourth-order valence-corrected chi connectivity index (χ4v) is 2.62. The van der Waals surface area contributed by atoms with Crippen molar-refractivity contribution >= 4 is 11.6 Å². The van der Waals surface area contributed by atoms with Gasteiger partial charge in [0.15, 0.2) is 5.82 Å². The van der Waals surface area contributed by atoms with Crippen LogP contribution in [0.15, 0.2) is 6.07 Å². The van der Waals surface area contributed by atoms with Gasteiger partial charge in [-0.1, -0.05) is 0 Å². The Morgan fingerprint density at radius 2 is 2.33 bits per heavy atom. The van der Waals surface area contributed by atoms with Crippen LogP contribution in [0.1, 0.15) is 25.6 Å². The molecule has 7 nitrogen and oxygen atoms in total. The highest BCUT2D eigenvalue weighted by Gasteiger charge is 2.21. The van der Waals surface area contributed by atoms with Crippen LogP contribution in [-0.2, 0) is 16.1 Å². The minimum Gasteiger partial charge on any atom is -0.384 e. The van der Waals surface area contributed by atoms with Crippen LogP contribution < -0.4 is 16.2 Å². The molecule has 0 saturated carbocycles. The average Bonchev–Trinajstić information content (AvgIpc) is 2.53. The summed E-state index contributed by atoms with van der Waals surface area (Å²) in [5.74, 6) is 8.21. The van der Waals surface area contributed by atoms with Crippen LogP contribution in [0, 0.1) is 5.92 Å². The van der Waals surface area contributed by atoms with Crippen molar-refractivity contribution in [2.75, 3.05) is 43.7 Å². The van der Waals surface area contributed by atoms with E-state index in [0.29, 0.717) is 30.8 Å². The van der Waals surface area contributed by atoms with Crippen molar-refractivity contribution in [3.05, 3.63) is 11.9 Å². The van der Waals surface area contributed by atoms with E-state index in [1.807, 2.05) is 13.0 Å². The molecule has 0 aliphatic carbocycles. The van der Waals surface area contributed by atoms with Gasteiger partial charge in [0.25, 0.3) is 0 Å². The van der Waals surface area contributed by atoms with Crippen LogP contribution in [0.5, 0.6) is 0 Å². The standard InChI is InChI=1S/C14H25N5O2/c1-3-21-10-13-16-12(18-15)7-14(17-13)19-6-4-5-11(8-19)9-20-2/h7,11H,3-6,8-10,15H2,1-2H3,(H,16,17,18). The SMILES string of the molecule is CCOCc1nc(NN)cc(N2CCCC(COC)C2)n1. The van der Waals surface area contributed by atoms with E-state index >= 15 is 0 Å². The topological polar surface area (TPSA) is 85.5 Å². The van der Waals surface area contributed by atoms with Gasteiger partial charge in [-0.25, -0.2) is 15.8 Å². The maximum Gasteiger partial charge on any atom is 0.158 e. The Morgan fingerprint density at radius 3 is 3.05 bits per heavy atom. The van der Waals surface area contributed by atoms with Crippen LogP contribution in [-0.4, -0.2) is 43.4 Å². The van der Waals surface area contributed by atoms with Gasteiger partial charge in [-0.15, -0.1) is 0 Å². The third-order valence-corrected chi connectivity index (χ3v) is 3.59. The first-order chi connectivity index (χ1) is 10.3. The van der Waals surface area contributed by atoms with Gasteiger partial charge in [0.1, 0.15) is 18.2 Å². The van der Waals surface area contributed by atoms with Gasteiger partial charge < -0.3 is 19.8 Å². The number of rotatable bonds is 7. The molecule has 21 heavy (non-hydrogen) atoms. The Balaban J connectivity index is 2.13.